The Balaban J connectivity index is 2.40. The Hall–Kier alpha value is -1.00. The number of amides is 1. The standard InChI is InChI=1S/C13H15ClN2OS/c1-8(2)15-13-16(12(17)7-18-13)10-5-4-9(3)11(14)6-10/h4-6,8H,7H2,1-3H3. The molecule has 1 aromatic carbocycles. The normalized spacial score (nSPS) is 18.2. The van der Waals surface area contributed by atoms with Gasteiger partial charge in [-0.25, -0.2) is 0 Å². The molecule has 0 radical (unpaired) electrons. The number of benzene rings is 1. The van der Waals surface area contributed by atoms with Crippen LogP contribution in [0.4, 0.5) is 5.69 Å². The molecule has 0 N–H and O–H groups in total. The molecule has 0 spiro atoms. The molecule has 0 atom stereocenters. The zero-order chi connectivity index (χ0) is 13.3. The maximum Gasteiger partial charge on any atom is 0.243 e. The average molecular weight is 283 g/mol. The number of aryl methyl sites for hydroxylation is 1. The van der Waals surface area contributed by atoms with Crippen molar-refractivity contribution >= 4 is 40.1 Å². The van der Waals surface area contributed by atoms with Gasteiger partial charge < -0.3 is 0 Å². The first kappa shape index (κ1) is 13.4. The molecule has 1 heterocycles. The lowest BCUT2D eigenvalue weighted by molar-refractivity contribution is -0.115. The van der Waals surface area contributed by atoms with Gasteiger partial charge in [-0.3, -0.25) is 14.7 Å². The van der Waals surface area contributed by atoms with Gasteiger partial charge in [0.1, 0.15) is 0 Å². The summed E-state index contributed by atoms with van der Waals surface area (Å²) >= 11 is 7.58. The van der Waals surface area contributed by atoms with E-state index in [0.29, 0.717) is 10.8 Å². The van der Waals surface area contributed by atoms with Gasteiger partial charge >= 0.3 is 0 Å². The van der Waals surface area contributed by atoms with E-state index in [1.54, 1.807) is 4.90 Å². The van der Waals surface area contributed by atoms with E-state index in [1.807, 2.05) is 39.0 Å². The van der Waals surface area contributed by atoms with Gasteiger partial charge in [0.05, 0.1) is 11.4 Å². The van der Waals surface area contributed by atoms with Crippen LogP contribution in [0.5, 0.6) is 0 Å². The molecule has 0 bridgehead atoms. The summed E-state index contributed by atoms with van der Waals surface area (Å²) in [6, 6.07) is 5.81. The monoisotopic (exact) mass is 282 g/mol. The highest BCUT2D eigenvalue weighted by Gasteiger charge is 2.29. The van der Waals surface area contributed by atoms with Crippen LogP contribution in [0.3, 0.4) is 0 Å². The molecule has 2 rings (SSSR count). The van der Waals surface area contributed by atoms with Crippen molar-refractivity contribution in [3.8, 4) is 0 Å². The zero-order valence-electron chi connectivity index (χ0n) is 10.6. The molecule has 0 unspecified atom stereocenters. The number of carbonyl (C=O) groups excluding carboxylic acids is 1. The van der Waals surface area contributed by atoms with E-state index < -0.39 is 0 Å². The van der Waals surface area contributed by atoms with E-state index in [4.69, 9.17) is 11.6 Å². The predicted molar refractivity (Wildman–Crippen MR) is 78.7 cm³/mol. The molecule has 0 aromatic heterocycles. The van der Waals surface area contributed by atoms with Crippen molar-refractivity contribution in [2.24, 2.45) is 4.99 Å². The average Bonchev–Trinajstić information content (AvgIpc) is 2.63. The van der Waals surface area contributed by atoms with Gasteiger partial charge in [0.2, 0.25) is 5.91 Å². The number of amidine groups is 1. The molecular weight excluding hydrogens is 268 g/mol. The molecule has 3 nitrogen and oxygen atoms in total. The lowest BCUT2D eigenvalue weighted by Crippen LogP contribution is -2.29. The summed E-state index contributed by atoms with van der Waals surface area (Å²) in [6.45, 7) is 5.93. The number of aliphatic imine (C=N–C) groups is 1. The second-order valence-corrected chi connectivity index (χ2v) is 5.81. The predicted octanol–water partition coefficient (Wildman–Crippen LogP) is 3.49. The molecule has 1 saturated heterocycles. The highest BCUT2D eigenvalue weighted by molar-refractivity contribution is 8.15. The number of nitrogens with zero attached hydrogens (tertiary/aromatic N) is 2. The Kier molecular flexibility index (Phi) is 3.97. The van der Waals surface area contributed by atoms with Crippen molar-refractivity contribution < 1.29 is 4.79 Å². The van der Waals surface area contributed by atoms with Gasteiger partial charge in [-0.2, -0.15) is 0 Å². The van der Waals surface area contributed by atoms with Crippen LogP contribution >= 0.6 is 23.4 Å². The zero-order valence-corrected chi connectivity index (χ0v) is 12.2. The smallest absolute Gasteiger partial charge is 0.243 e. The molecule has 1 aromatic rings. The fourth-order valence-corrected chi connectivity index (χ4v) is 2.83. The van der Waals surface area contributed by atoms with Gasteiger partial charge in [-0.15, -0.1) is 0 Å². The Bertz CT molecular complexity index is 514. The fraction of sp³-hybridized carbons (Fsp3) is 0.385. The van der Waals surface area contributed by atoms with Gasteiger partial charge in [0, 0.05) is 11.1 Å². The second-order valence-electron chi connectivity index (χ2n) is 4.46. The van der Waals surface area contributed by atoms with Crippen LogP contribution in [0.2, 0.25) is 5.02 Å². The summed E-state index contributed by atoms with van der Waals surface area (Å²) < 4.78 is 0. The van der Waals surface area contributed by atoms with Crippen LogP contribution in [0.15, 0.2) is 23.2 Å². The van der Waals surface area contributed by atoms with Gasteiger partial charge in [0.15, 0.2) is 5.17 Å². The topological polar surface area (TPSA) is 32.7 Å². The minimum Gasteiger partial charge on any atom is -0.273 e. The van der Waals surface area contributed by atoms with E-state index in [-0.39, 0.29) is 11.9 Å². The molecule has 1 amide bonds. The number of rotatable bonds is 2. The summed E-state index contributed by atoms with van der Waals surface area (Å²) in [5, 5.41) is 1.43. The highest BCUT2D eigenvalue weighted by Crippen LogP contribution is 2.30. The number of halogens is 1. The van der Waals surface area contributed by atoms with E-state index in [1.165, 1.54) is 11.8 Å². The first-order valence-corrected chi connectivity index (χ1v) is 7.15. The van der Waals surface area contributed by atoms with Gasteiger partial charge in [-0.05, 0) is 38.5 Å². The van der Waals surface area contributed by atoms with Gasteiger partial charge in [-0.1, -0.05) is 29.4 Å². The summed E-state index contributed by atoms with van der Waals surface area (Å²) in [4.78, 5) is 18.1. The molecule has 5 heteroatoms. The van der Waals surface area contributed by atoms with Crippen molar-refractivity contribution in [2.45, 2.75) is 26.8 Å². The van der Waals surface area contributed by atoms with Crippen LogP contribution < -0.4 is 4.90 Å². The number of anilines is 1. The van der Waals surface area contributed by atoms with Crippen LogP contribution in [0, 0.1) is 6.92 Å². The van der Waals surface area contributed by atoms with E-state index in [0.717, 1.165) is 16.4 Å². The largest absolute Gasteiger partial charge is 0.273 e. The maximum atomic E-state index is 11.9. The Morgan fingerprint density at radius 3 is 2.78 bits per heavy atom. The van der Waals surface area contributed by atoms with Crippen LogP contribution in [0.1, 0.15) is 19.4 Å². The number of hydrogen-bond acceptors (Lipinski definition) is 3. The molecule has 1 fully saturated rings. The maximum absolute atomic E-state index is 11.9. The summed E-state index contributed by atoms with van der Waals surface area (Å²) in [6.07, 6.45) is 0. The molecule has 96 valence electrons. The Morgan fingerprint density at radius 1 is 1.44 bits per heavy atom. The van der Waals surface area contributed by atoms with Crippen LogP contribution in [0.25, 0.3) is 0 Å². The summed E-state index contributed by atoms with van der Waals surface area (Å²) in [7, 11) is 0. The van der Waals surface area contributed by atoms with Crippen molar-refractivity contribution in [1.29, 1.82) is 0 Å². The summed E-state index contributed by atoms with van der Waals surface area (Å²) in [5.74, 6) is 0.496. The van der Waals surface area contributed by atoms with Crippen LogP contribution in [-0.2, 0) is 4.79 Å². The Labute approximate surface area is 116 Å². The summed E-state index contributed by atoms with van der Waals surface area (Å²) in [5.41, 5.74) is 1.79. The van der Waals surface area contributed by atoms with Gasteiger partial charge in [0.25, 0.3) is 0 Å². The first-order valence-electron chi connectivity index (χ1n) is 5.78. The second kappa shape index (κ2) is 5.33. The van der Waals surface area contributed by atoms with Crippen molar-refractivity contribution in [3.05, 3.63) is 28.8 Å². The quantitative estimate of drug-likeness (QED) is 0.832. The van der Waals surface area contributed by atoms with Crippen molar-refractivity contribution in [2.75, 3.05) is 10.7 Å². The lowest BCUT2D eigenvalue weighted by atomic mass is 10.2. The number of carbonyl (C=O) groups is 1. The molecule has 1 aliphatic rings. The van der Waals surface area contributed by atoms with Crippen molar-refractivity contribution in [1.82, 2.24) is 0 Å². The van der Waals surface area contributed by atoms with Crippen LogP contribution in [-0.4, -0.2) is 22.9 Å². The molecule has 0 aliphatic carbocycles. The van der Waals surface area contributed by atoms with Crippen molar-refractivity contribution in [3.63, 3.8) is 0 Å². The first-order chi connectivity index (χ1) is 8.49. The SMILES string of the molecule is Cc1ccc(N2C(=O)CSC2=NC(C)C)cc1Cl. The number of hydrogen-bond donors (Lipinski definition) is 0. The highest BCUT2D eigenvalue weighted by atomic mass is 35.5. The third kappa shape index (κ3) is 2.70. The van der Waals surface area contributed by atoms with E-state index >= 15 is 0 Å². The third-order valence-electron chi connectivity index (χ3n) is 2.55. The minimum atomic E-state index is 0.0549. The molecule has 18 heavy (non-hydrogen) atoms. The molecule has 1 aliphatic heterocycles. The minimum absolute atomic E-state index is 0.0549. The van der Waals surface area contributed by atoms with E-state index in [2.05, 4.69) is 4.99 Å². The molecule has 0 saturated carbocycles. The Morgan fingerprint density at radius 2 is 2.17 bits per heavy atom. The van der Waals surface area contributed by atoms with E-state index in [9.17, 15) is 4.79 Å². The molecular formula is C13H15ClN2OS. The number of thioether (sulfide) groups is 1. The fourth-order valence-electron chi connectivity index (χ4n) is 1.65. The third-order valence-corrected chi connectivity index (χ3v) is 3.89. The lowest BCUT2D eigenvalue weighted by Gasteiger charge is -2.17.